The first kappa shape index (κ1) is 25.3. The predicted octanol–water partition coefficient (Wildman–Crippen LogP) is 2.42. The van der Waals surface area contributed by atoms with Crippen molar-refractivity contribution in [3.8, 4) is 5.75 Å². The Morgan fingerprint density at radius 2 is 1.84 bits per heavy atom. The lowest BCUT2D eigenvalue weighted by Crippen LogP contribution is -2.42. The Morgan fingerprint density at radius 1 is 1.12 bits per heavy atom. The summed E-state index contributed by atoms with van der Waals surface area (Å²) in [6.45, 7) is 3.58. The van der Waals surface area contributed by atoms with E-state index < -0.39 is 30.3 Å². The topological polar surface area (TPSA) is 88.1 Å². The van der Waals surface area contributed by atoms with Crippen LogP contribution in [0.5, 0.6) is 5.75 Å². The Bertz CT molecular complexity index is 876. The van der Waals surface area contributed by atoms with Crippen LogP contribution in [0, 0.1) is 5.82 Å². The first-order chi connectivity index (χ1) is 15.4. The zero-order chi connectivity index (χ0) is 23.5. The van der Waals surface area contributed by atoms with Crippen LogP contribution in [-0.2, 0) is 16.0 Å². The molecule has 2 aromatic carbocycles. The number of aliphatic hydroxyl groups is 1. The fraction of sp³-hybridized carbons (Fsp3) is 0.417. The predicted molar refractivity (Wildman–Crippen MR) is 119 cm³/mol. The number of benzene rings is 2. The van der Waals surface area contributed by atoms with Crippen LogP contribution in [0.3, 0.4) is 0 Å². The molecule has 0 saturated carbocycles. The molecule has 2 amide bonds. The summed E-state index contributed by atoms with van der Waals surface area (Å²) >= 11 is 0. The monoisotopic (exact) mass is 446 g/mol. The van der Waals surface area contributed by atoms with Crippen LogP contribution in [0.25, 0.3) is 0 Å². The van der Waals surface area contributed by atoms with Crippen LogP contribution in [0.4, 0.5) is 4.39 Å². The molecule has 0 radical (unpaired) electrons. The summed E-state index contributed by atoms with van der Waals surface area (Å²) in [5.41, 5.74) is 0.740. The highest BCUT2D eigenvalue weighted by Gasteiger charge is 2.26. The fourth-order valence-electron chi connectivity index (χ4n) is 3.23. The summed E-state index contributed by atoms with van der Waals surface area (Å²) < 4.78 is 25.1. The van der Waals surface area contributed by atoms with Crippen molar-refractivity contribution in [1.29, 1.82) is 0 Å². The van der Waals surface area contributed by atoms with E-state index in [1.165, 1.54) is 30.2 Å². The molecular formula is C24H31FN2O5. The number of carbonyl (C=O) groups excluding carboxylic acids is 2. The van der Waals surface area contributed by atoms with Gasteiger partial charge in [0.1, 0.15) is 17.1 Å². The molecule has 0 aliphatic rings. The van der Waals surface area contributed by atoms with Gasteiger partial charge in [-0.05, 0) is 38.0 Å². The molecule has 0 aliphatic heterocycles. The molecule has 8 heteroatoms. The number of hydrogen-bond acceptors (Lipinski definition) is 5. The lowest BCUT2D eigenvalue weighted by atomic mass is 10.1. The summed E-state index contributed by atoms with van der Waals surface area (Å²) in [5, 5.41) is 12.3. The minimum atomic E-state index is -0.728. The third kappa shape index (κ3) is 7.32. The van der Waals surface area contributed by atoms with Crippen molar-refractivity contribution in [2.45, 2.75) is 32.4 Å². The molecule has 1 atom stereocenters. The van der Waals surface area contributed by atoms with Crippen LogP contribution in [0.1, 0.15) is 29.8 Å². The van der Waals surface area contributed by atoms with Crippen molar-refractivity contribution in [2.24, 2.45) is 0 Å². The number of amides is 2. The maximum absolute atomic E-state index is 14.6. The van der Waals surface area contributed by atoms with Gasteiger partial charge in [-0.2, -0.15) is 0 Å². The van der Waals surface area contributed by atoms with Crippen molar-refractivity contribution in [3.63, 3.8) is 0 Å². The summed E-state index contributed by atoms with van der Waals surface area (Å²) in [5.74, 6) is -1.77. The minimum Gasteiger partial charge on any atom is -0.483 e. The zero-order valence-corrected chi connectivity index (χ0v) is 18.7. The third-order valence-corrected chi connectivity index (χ3v) is 4.88. The third-order valence-electron chi connectivity index (χ3n) is 4.88. The number of ether oxygens (including phenoxy) is 2. The molecule has 32 heavy (non-hydrogen) atoms. The lowest BCUT2D eigenvalue weighted by molar-refractivity contribution is -0.124. The first-order valence-electron chi connectivity index (χ1n) is 10.5. The van der Waals surface area contributed by atoms with Gasteiger partial charge in [-0.25, -0.2) is 4.39 Å². The van der Waals surface area contributed by atoms with E-state index in [1.54, 1.807) is 0 Å². The Hall–Kier alpha value is -2.97. The van der Waals surface area contributed by atoms with Gasteiger partial charge in [0.25, 0.3) is 11.8 Å². The van der Waals surface area contributed by atoms with Crippen LogP contribution in [0.15, 0.2) is 48.5 Å². The van der Waals surface area contributed by atoms with Crippen LogP contribution in [-0.4, -0.2) is 67.4 Å². The molecule has 0 fully saturated rings. The quantitative estimate of drug-likeness (QED) is 0.523. The molecule has 0 aliphatic carbocycles. The number of methoxy groups -OCH3 is 1. The van der Waals surface area contributed by atoms with Gasteiger partial charge in [0.2, 0.25) is 0 Å². The second-order valence-electron chi connectivity index (χ2n) is 7.62. The second kappa shape index (κ2) is 12.8. The van der Waals surface area contributed by atoms with E-state index >= 15 is 0 Å². The Balaban J connectivity index is 2.07. The Morgan fingerprint density at radius 3 is 2.47 bits per heavy atom. The summed E-state index contributed by atoms with van der Waals surface area (Å²) in [6.07, 6.45) is 0.454. The Labute approximate surface area is 188 Å². The van der Waals surface area contributed by atoms with Crippen molar-refractivity contribution >= 4 is 11.8 Å². The Kier molecular flexibility index (Phi) is 10.1. The van der Waals surface area contributed by atoms with Gasteiger partial charge in [-0.15, -0.1) is 0 Å². The van der Waals surface area contributed by atoms with E-state index in [4.69, 9.17) is 9.47 Å². The van der Waals surface area contributed by atoms with Gasteiger partial charge >= 0.3 is 0 Å². The van der Waals surface area contributed by atoms with Gasteiger partial charge in [0, 0.05) is 19.7 Å². The normalized spacial score (nSPS) is 11.8. The number of nitrogens with zero attached hydrogens (tertiary/aromatic N) is 1. The van der Waals surface area contributed by atoms with Crippen molar-refractivity contribution in [1.82, 2.24) is 10.2 Å². The van der Waals surface area contributed by atoms with Gasteiger partial charge in [-0.1, -0.05) is 36.4 Å². The minimum absolute atomic E-state index is 0.0168. The van der Waals surface area contributed by atoms with Crippen LogP contribution < -0.4 is 10.1 Å². The number of nitrogens with one attached hydrogen (secondary N) is 1. The molecule has 174 valence electrons. The average molecular weight is 447 g/mol. The number of carbonyl (C=O) groups is 2. The SMILES string of the molecule is COCCN(C(=O)c1c(F)cccc1OCC(=O)N[C@H](CO)Cc1ccccc1)C(C)C. The fourth-order valence-corrected chi connectivity index (χ4v) is 3.23. The maximum Gasteiger partial charge on any atom is 0.260 e. The molecular weight excluding hydrogens is 415 g/mol. The highest BCUT2D eigenvalue weighted by atomic mass is 19.1. The van der Waals surface area contributed by atoms with E-state index in [-0.39, 0.29) is 24.0 Å². The van der Waals surface area contributed by atoms with E-state index in [1.807, 2.05) is 44.2 Å². The van der Waals surface area contributed by atoms with Crippen molar-refractivity contribution in [3.05, 3.63) is 65.5 Å². The lowest BCUT2D eigenvalue weighted by Gasteiger charge is -2.27. The molecule has 7 nitrogen and oxygen atoms in total. The molecule has 2 N–H and O–H groups in total. The number of halogens is 1. The average Bonchev–Trinajstić information content (AvgIpc) is 2.77. The van der Waals surface area contributed by atoms with Gasteiger partial charge in [-0.3, -0.25) is 9.59 Å². The molecule has 0 unspecified atom stereocenters. The molecule has 2 aromatic rings. The van der Waals surface area contributed by atoms with Crippen LogP contribution >= 0.6 is 0 Å². The van der Waals surface area contributed by atoms with E-state index in [0.29, 0.717) is 19.6 Å². The summed E-state index contributed by atoms with van der Waals surface area (Å²) in [7, 11) is 1.52. The highest BCUT2D eigenvalue weighted by Crippen LogP contribution is 2.24. The second-order valence-corrected chi connectivity index (χ2v) is 7.62. The molecule has 2 rings (SSSR count). The van der Waals surface area contributed by atoms with Gasteiger partial charge in [0.15, 0.2) is 6.61 Å². The molecule has 0 spiro atoms. The van der Waals surface area contributed by atoms with E-state index in [9.17, 15) is 19.1 Å². The standard InChI is InChI=1S/C24H31FN2O5/c1-17(2)27(12-13-31-3)24(30)23-20(25)10-7-11-21(23)32-16-22(29)26-19(15-28)14-18-8-5-4-6-9-18/h4-11,17,19,28H,12-16H2,1-3H3,(H,26,29)/t19-/m0/s1. The number of rotatable bonds is 12. The summed E-state index contributed by atoms with van der Waals surface area (Å²) in [6, 6.07) is 12.8. The molecule has 0 heterocycles. The largest absolute Gasteiger partial charge is 0.483 e. The van der Waals surface area contributed by atoms with E-state index in [2.05, 4.69) is 5.32 Å². The van der Waals surface area contributed by atoms with Gasteiger partial charge < -0.3 is 24.8 Å². The zero-order valence-electron chi connectivity index (χ0n) is 18.7. The van der Waals surface area contributed by atoms with Crippen molar-refractivity contribution in [2.75, 3.05) is 33.5 Å². The number of aliphatic hydroxyl groups excluding tert-OH is 1. The van der Waals surface area contributed by atoms with Crippen molar-refractivity contribution < 1.29 is 28.6 Å². The first-order valence-corrected chi connectivity index (χ1v) is 10.5. The van der Waals surface area contributed by atoms with Gasteiger partial charge in [0.05, 0.1) is 19.3 Å². The van der Waals surface area contributed by atoms with E-state index in [0.717, 1.165) is 5.56 Å². The molecule has 0 bridgehead atoms. The smallest absolute Gasteiger partial charge is 0.260 e. The molecule has 0 aromatic heterocycles. The maximum atomic E-state index is 14.6. The highest BCUT2D eigenvalue weighted by molar-refractivity contribution is 5.97. The number of hydrogen-bond donors (Lipinski definition) is 2. The molecule has 0 saturated heterocycles. The van der Waals surface area contributed by atoms with Crippen LogP contribution in [0.2, 0.25) is 0 Å². The summed E-state index contributed by atoms with van der Waals surface area (Å²) in [4.78, 5) is 26.9.